The highest BCUT2D eigenvalue weighted by molar-refractivity contribution is 5.90. The van der Waals surface area contributed by atoms with Gasteiger partial charge in [-0.2, -0.15) is 5.26 Å². The molecular formula is C29H35NO5. The van der Waals surface area contributed by atoms with Crippen LogP contribution in [0.1, 0.15) is 56.6 Å². The summed E-state index contributed by atoms with van der Waals surface area (Å²) in [5.74, 6) is 1.76. The largest absolute Gasteiger partial charge is 0.497 e. The number of nitrogens with zero attached hydrogens (tertiary/aromatic N) is 1. The Morgan fingerprint density at radius 1 is 0.886 bits per heavy atom. The van der Waals surface area contributed by atoms with Crippen LogP contribution in [-0.2, 0) is 9.53 Å². The molecule has 0 aromatic heterocycles. The van der Waals surface area contributed by atoms with Gasteiger partial charge in [0.15, 0.2) is 0 Å². The van der Waals surface area contributed by atoms with E-state index in [2.05, 4.69) is 12.6 Å². The van der Waals surface area contributed by atoms with Gasteiger partial charge in [0.1, 0.15) is 17.2 Å². The summed E-state index contributed by atoms with van der Waals surface area (Å²) in [5.41, 5.74) is 2.60. The zero-order chi connectivity index (χ0) is 25.5. The summed E-state index contributed by atoms with van der Waals surface area (Å²) in [7, 11) is 3.17. The van der Waals surface area contributed by atoms with Crippen molar-refractivity contribution >= 4 is 17.6 Å². The van der Waals surface area contributed by atoms with Gasteiger partial charge < -0.3 is 18.9 Å². The van der Waals surface area contributed by atoms with Crippen molar-refractivity contribution in [2.75, 3.05) is 27.4 Å². The Balaban J connectivity index is 1.73. The molecule has 2 rings (SSSR count). The summed E-state index contributed by atoms with van der Waals surface area (Å²) in [6, 6.07) is 15.4. The van der Waals surface area contributed by atoms with Gasteiger partial charge in [-0.15, -0.1) is 0 Å². The van der Waals surface area contributed by atoms with Gasteiger partial charge in [0.2, 0.25) is 0 Å². The van der Waals surface area contributed by atoms with E-state index in [4.69, 9.17) is 18.9 Å². The van der Waals surface area contributed by atoms with Gasteiger partial charge in [0, 0.05) is 11.6 Å². The van der Waals surface area contributed by atoms with Crippen LogP contribution in [0.3, 0.4) is 0 Å². The first-order chi connectivity index (χ1) is 17.0. The fraction of sp³-hybridized carbons (Fsp3) is 0.379. The Bertz CT molecular complexity index is 1010. The number of benzene rings is 2. The number of unbranched alkanes of at least 4 members (excludes halogenated alkanes) is 5. The molecule has 6 heteroatoms. The number of methoxy groups -OCH3 is 2. The van der Waals surface area contributed by atoms with E-state index in [1.165, 1.54) is 0 Å². The summed E-state index contributed by atoms with van der Waals surface area (Å²) < 4.78 is 21.5. The predicted molar refractivity (Wildman–Crippen MR) is 138 cm³/mol. The monoisotopic (exact) mass is 477 g/mol. The molecule has 0 bridgehead atoms. The molecule has 0 fully saturated rings. The van der Waals surface area contributed by atoms with Crippen LogP contribution >= 0.6 is 0 Å². The molecule has 35 heavy (non-hydrogen) atoms. The maximum atomic E-state index is 11.3. The third kappa shape index (κ3) is 9.97. The lowest BCUT2D eigenvalue weighted by molar-refractivity contribution is -0.139. The predicted octanol–water partition coefficient (Wildman–Crippen LogP) is 6.61. The molecule has 0 amide bonds. The maximum absolute atomic E-state index is 11.3. The number of carbonyl (C=O) groups excluding carboxylic acids is 1. The first-order valence-corrected chi connectivity index (χ1v) is 11.9. The number of nitriles is 1. The van der Waals surface area contributed by atoms with Crippen molar-refractivity contribution in [1.82, 2.24) is 0 Å². The number of rotatable bonds is 15. The average molecular weight is 478 g/mol. The van der Waals surface area contributed by atoms with E-state index in [1.54, 1.807) is 27.2 Å². The van der Waals surface area contributed by atoms with Crippen LogP contribution in [0.2, 0.25) is 0 Å². The van der Waals surface area contributed by atoms with E-state index in [0.717, 1.165) is 55.4 Å². The van der Waals surface area contributed by atoms with Crippen molar-refractivity contribution in [1.29, 1.82) is 5.26 Å². The van der Waals surface area contributed by atoms with Crippen molar-refractivity contribution in [2.45, 2.75) is 45.4 Å². The number of esters is 1. The third-order valence-corrected chi connectivity index (χ3v) is 5.36. The van der Waals surface area contributed by atoms with E-state index in [0.29, 0.717) is 35.9 Å². The second-order valence-corrected chi connectivity index (χ2v) is 8.23. The highest BCUT2D eigenvalue weighted by Gasteiger charge is 2.07. The summed E-state index contributed by atoms with van der Waals surface area (Å²) in [4.78, 5) is 11.3. The number of ether oxygens (including phenoxy) is 4. The van der Waals surface area contributed by atoms with Gasteiger partial charge in [-0.25, -0.2) is 4.79 Å². The molecule has 0 spiro atoms. The zero-order valence-corrected chi connectivity index (χ0v) is 21.0. The summed E-state index contributed by atoms with van der Waals surface area (Å²) in [6.07, 6.45) is 8.10. The molecule has 0 aliphatic rings. The minimum absolute atomic E-state index is 0.311. The molecule has 2 aromatic carbocycles. The van der Waals surface area contributed by atoms with Gasteiger partial charge in [-0.1, -0.05) is 44.4 Å². The highest BCUT2D eigenvalue weighted by atomic mass is 16.5. The van der Waals surface area contributed by atoms with Crippen molar-refractivity contribution in [2.24, 2.45) is 0 Å². The number of carbonyl (C=O) groups is 1. The molecule has 186 valence electrons. The first kappa shape index (κ1) is 27.5. The van der Waals surface area contributed by atoms with Crippen LogP contribution in [0.4, 0.5) is 0 Å². The lowest BCUT2D eigenvalue weighted by Crippen LogP contribution is -2.06. The molecule has 0 heterocycles. The number of hydrogen-bond donors (Lipinski definition) is 0. The molecule has 0 saturated heterocycles. The van der Waals surface area contributed by atoms with Crippen molar-refractivity contribution in [3.63, 3.8) is 0 Å². The summed E-state index contributed by atoms with van der Waals surface area (Å²) in [5, 5.41) is 9.66. The normalized spacial score (nSPS) is 10.9. The average Bonchev–Trinajstić information content (AvgIpc) is 2.88. The highest BCUT2D eigenvalue weighted by Crippen LogP contribution is 2.28. The van der Waals surface area contributed by atoms with Gasteiger partial charge >= 0.3 is 5.97 Å². The lowest BCUT2D eigenvalue weighted by Gasteiger charge is -2.08. The molecule has 2 aromatic rings. The van der Waals surface area contributed by atoms with Gasteiger partial charge in [-0.3, -0.25) is 0 Å². The van der Waals surface area contributed by atoms with E-state index in [1.807, 2.05) is 42.5 Å². The smallest absolute Gasteiger partial charge is 0.333 e. The summed E-state index contributed by atoms with van der Waals surface area (Å²) >= 11 is 0. The van der Waals surface area contributed by atoms with Crippen LogP contribution < -0.4 is 14.2 Å². The van der Waals surface area contributed by atoms with Crippen molar-refractivity contribution < 1.29 is 23.7 Å². The second-order valence-electron chi connectivity index (χ2n) is 8.23. The van der Waals surface area contributed by atoms with Crippen LogP contribution in [-0.4, -0.2) is 33.4 Å². The van der Waals surface area contributed by atoms with E-state index in [-0.39, 0.29) is 5.97 Å². The van der Waals surface area contributed by atoms with Crippen molar-refractivity contribution in [3.8, 4) is 23.3 Å². The molecule has 0 N–H and O–H groups in total. The van der Waals surface area contributed by atoms with E-state index >= 15 is 0 Å². The zero-order valence-electron chi connectivity index (χ0n) is 21.0. The standard InChI is InChI=1S/C29H35NO5/c1-22(2)29(31)35-16-10-8-6-5-7-9-15-34-26-13-11-23(12-14-26)17-25(21-30)24-18-27(32-3)20-28(19-24)33-4/h11-14,17-20H,1,5-10,15-16H2,2-4H3. The molecule has 0 atom stereocenters. The van der Waals surface area contributed by atoms with E-state index in [9.17, 15) is 10.1 Å². The molecule has 0 aliphatic carbocycles. The third-order valence-electron chi connectivity index (χ3n) is 5.36. The topological polar surface area (TPSA) is 77.8 Å². The van der Waals surface area contributed by atoms with Gasteiger partial charge in [0.05, 0.1) is 39.1 Å². The van der Waals surface area contributed by atoms with Crippen LogP contribution in [0.15, 0.2) is 54.6 Å². The number of hydrogen-bond acceptors (Lipinski definition) is 6. The Morgan fingerprint density at radius 2 is 1.46 bits per heavy atom. The summed E-state index contributed by atoms with van der Waals surface area (Å²) in [6.45, 7) is 6.35. The molecule has 0 saturated carbocycles. The van der Waals surface area contributed by atoms with Crippen LogP contribution in [0.25, 0.3) is 11.6 Å². The molecule has 0 aliphatic heterocycles. The minimum Gasteiger partial charge on any atom is -0.497 e. The number of allylic oxidation sites excluding steroid dienone is 1. The Hall–Kier alpha value is -3.72. The van der Waals surface area contributed by atoms with Crippen LogP contribution in [0, 0.1) is 11.3 Å². The van der Waals surface area contributed by atoms with Gasteiger partial charge in [0.25, 0.3) is 0 Å². The van der Waals surface area contributed by atoms with Gasteiger partial charge in [-0.05, 0) is 61.2 Å². The molecular weight excluding hydrogens is 442 g/mol. The Labute approximate surface area is 208 Å². The fourth-order valence-corrected chi connectivity index (χ4v) is 3.36. The second kappa shape index (κ2) is 15.2. The fourth-order valence-electron chi connectivity index (χ4n) is 3.36. The van der Waals surface area contributed by atoms with Crippen molar-refractivity contribution in [3.05, 3.63) is 65.7 Å². The Kier molecular flexibility index (Phi) is 12.0. The molecule has 6 nitrogen and oxygen atoms in total. The maximum Gasteiger partial charge on any atom is 0.333 e. The van der Waals surface area contributed by atoms with E-state index < -0.39 is 0 Å². The lowest BCUT2D eigenvalue weighted by atomic mass is 10.0. The first-order valence-electron chi connectivity index (χ1n) is 11.9. The Morgan fingerprint density at radius 3 is 2.00 bits per heavy atom. The molecule has 0 unspecified atom stereocenters. The SMILES string of the molecule is C=C(C)C(=O)OCCCCCCCCOc1ccc(C=C(C#N)c2cc(OC)cc(OC)c2)cc1. The quantitative estimate of drug-likeness (QED) is 0.0945. The minimum atomic E-state index is -0.311. The van der Waals surface area contributed by atoms with Crippen LogP contribution in [0.5, 0.6) is 17.2 Å². The molecule has 0 radical (unpaired) electrons.